The Labute approximate surface area is 334 Å². The number of ether oxygens (including phenoxy) is 5. The molecule has 302 valence electrons. The summed E-state index contributed by atoms with van der Waals surface area (Å²) < 4.78 is 50.1. The number of aryl methyl sites for hydroxylation is 1. The van der Waals surface area contributed by atoms with Crippen molar-refractivity contribution < 1.29 is 32.7 Å². The number of H-pyrrole nitrogens is 1. The lowest BCUT2D eigenvalue weighted by Gasteiger charge is -2.44. The van der Waals surface area contributed by atoms with Crippen LogP contribution in [0.3, 0.4) is 0 Å². The van der Waals surface area contributed by atoms with Crippen LogP contribution in [0.15, 0.2) is 94.6 Å². The van der Waals surface area contributed by atoms with Crippen molar-refractivity contribution in [3.05, 3.63) is 128 Å². The molecule has 5 atom stereocenters. The monoisotopic (exact) mass is 798 g/mol. The van der Waals surface area contributed by atoms with Crippen LogP contribution in [0, 0.1) is 18.3 Å². The molecule has 57 heavy (non-hydrogen) atoms. The van der Waals surface area contributed by atoms with Gasteiger partial charge in [-0.3, -0.25) is 14.3 Å². The summed E-state index contributed by atoms with van der Waals surface area (Å²) in [7, 11) is 1.48. The first-order valence-corrected chi connectivity index (χ1v) is 20.5. The van der Waals surface area contributed by atoms with Crippen molar-refractivity contribution in [2.24, 2.45) is 0 Å². The van der Waals surface area contributed by atoms with Crippen LogP contribution in [0.4, 0.5) is 0 Å². The van der Waals surface area contributed by atoms with Gasteiger partial charge in [0.1, 0.15) is 34.9 Å². The van der Waals surface area contributed by atoms with Crippen LogP contribution in [-0.4, -0.2) is 77.1 Å². The summed E-state index contributed by atoms with van der Waals surface area (Å²) in [6.45, 7) is 10.1. The third-order valence-corrected chi connectivity index (χ3v) is 13.3. The summed E-state index contributed by atoms with van der Waals surface area (Å²) in [4.78, 5) is 28.5. The summed E-state index contributed by atoms with van der Waals surface area (Å²) in [5.74, 6) is 1.39. The number of hydrogen-bond acceptors (Lipinski definition) is 11. The second kappa shape index (κ2) is 16.5. The van der Waals surface area contributed by atoms with E-state index in [1.54, 1.807) is 21.1 Å². The standard InChI is InChI=1S/C43H51N4O9P/c1-28(2)47(29(3)4)57(53-25-11-24-44)56-37-36-39(46-26-30(5)38(48)45-40(46)49)55-42(37,41(54-36)22-23-41)27-52-43(31-12-9-8-10-13-31,32-14-18-34(50-6)19-15-32)33-16-20-35(51-7)21-17-33/h8-10,12-21,26,28-29,36-37,39H,11,22-23,25,27H2,1-7H3,(H,45,48,49)/t36-,37+,39-,42-,57?/m1/s1. The fourth-order valence-corrected chi connectivity index (χ4v) is 10.1. The van der Waals surface area contributed by atoms with Gasteiger partial charge in [0, 0.05) is 23.8 Å². The lowest BCUT2D eigenvalue weighted by molar-refractivity contribution is -0.247. The van der Waals surface area contributed by atoms with Crippen LogP contribution in [0.25, 0.3) is 0 Å². The highest BCUT2D eigenvalue weighted by Crippen LogP contribution is 2.67. The zero-order chi connectivity index (χ0) is 40.5. The number of nitrogens with one attached hydrogen (secondary N) is 1. The molecular weight excluding hydrogens is 747 g/mol. The summed E-state index contributed by atoms with van der Waals surface area (Å²) in [5, 5.41) is 9.44. The fourth-order valence-electron chi connectivity index (χ4n) is 8.33. The summed E-state index contributed by atoms with van der Waals surface area (Å²) >= 11 is 0. The van der Waals surface area contributed by atoms with E-state index in [0.29, 0.717) is 29.9 Å². The molecule has 2 bridgehead atoms. The number of rotatable bonds is 17. The Kier molecular flexibility index (Phi) is 11.8. The normalized spacial score (nSPS) is 22.6. The molecule has 2 saturated heterocycles. The van der Waals surface area contributed by atoms with Gasteiger partial charge in [-0.1, -0.05) is 54.6 Å². The van der Waals surface area contributed by atoms with Crippen molar-refractivity contribution >= 4 is 8.53 Å². The molecule has 1 unspecified atom stereocenters. The first-order valence-electron chi connectivity index (χ1n) is 19.3. The first-order chi connectivity index (χ1) is 27.4. The highest BCUT2D eigenvalue weighted by atomic mass is 31.2. The van der Waals surface area contributed by atoms with Crippen LogP contribution < -0.4 is 20.7 Å². The Morgan fingerprint density at radius 2 is 1.49 bits per heavy atom. The molecule has 14 heteroatoms. The molecule has 3 heterocycles. The second-order valence-corrected chi connectivity index (χ2v) is 16.7. The molecule has 13 nitrogen and oxygen atoms in total. The minimum atomic E-state index is -1.78. The lowest BCUT2D eigenvalue weighted by Crippen LogP contribution is -2.55. The van der Waals surface area contributed by atoms with E-state index in [1.165, 1.54) is 10.8 Å². The molecule has 1 spiro atoms. The van der Waals surface area contributed by atoms with Crippen molar-refractivity contribution in [1.82, 2.24) is 14.2 Å². The van der Waals surface area contributed by atoms with Crippen molar-refractivity contribution in [3.63, 3.8) is 0 Å². The van der Waals surface area contributed by atoms with Crippen molar-refractivity contribution in [3.8, 4) is 17.6 Å². The maximum atomic E-state index is 13.5. The Hall–Kier alpha value is -4.38. The number of aromatic nitrogens is 2. The highest BCUT2D eigenvalue weighted by Gasteiger charge is 2.80. The van der Waals surface area contributed by atoms with E-state index in [2.05, 4.69) is 43.4 Å². The third-order valence-electron chi connectivity index (χ3n) is 11.2. The maximum Gasteiger partial charge on any atom is 0.330 e. The quantitative estimate of drug-likeness (QED) is 0.0689. The van der Waals surface area contributed by atoms with Crippen molar-refractivity contribution in [2.45, 2.75) is 101 Å². The topological polar surface area (TPSA) is 147 Å². The van der Waals surface area contributed by atoms with Crippen LogP contribution >= 0.6 is 8.53 Å². The largest absolute Gasteiger partial charge is 0.497 e. The fraction of sp³-hybridized carbons (Fsp3) is 0.465. The Morgan fingerprint density at radius 3 is 2.02 bits per heavy atom. The second-order valence-electron chi connectivity index (χ2n) is 15.3. The molecule has 7 rings (SSSR count). The van der Waals surface area contributed by atoms with Gasteiger partial charge in [0.05, 0.1) is 39.9 Å². The van der Waals surface area contributed by atoms with E-state index in [0.717, 1.165) is 16.7 Å². The zero-order valence-corrected chi connectivity index (χ0v) is 34.4. The van der Waals surface area contributed by atoms with E-state index in [1.807, 2.05) is 78.9 Å². The predicted molar refractivity (Wildman–Crippen MR) is 214 cm³/mol. The first kappa shape index (κ1) is 40.8. The van der Waals surface area contributed by atoms with Crippen LogP contribution in [0.1, 0.15) is 75.4 Å². The number of hydrogen-bond donors (Lipinski definition) is 1. The van der Waals surface area contributed by atoms with E-state index in [9.17, 15) is 14.9 Å². The number of aromatic amines is 1. The summed E-state index contributed by atoms with van der Waals surface area (Å²) in [6.07, 6.45) is 0.495. The van der Waals surface area contributed by atoms with Gasteiger partial charge < -0.3 is 32.7 Å². The molecule has 3 fully saturated rings. The average Bonchev–Trinajstić information content (AvgIpc) is 3.87. The SMILES string of the molecule is COc1ccc(C(OC[C@]23O[C@@H](n4cc(C)c(=O)[nH]c4=O)[C@H](OC24CC4)[C@@H]3OP(OCCC#N)N(C(C)C)C(C)C)(c2ccccc2)c2ccc(OC)cc2)cc1. The molecule has 3 aliphatic rings. The van der Waals surface area contributed by atoms with E-state index in [-0.39, 0.29) is 31.7 Å². The lowest BCUT2D eigenvalue weighted by atomic mass is 9.79. The van der Waals surface area contributed by atoms with Crippen molar-refractivity contribution in [1.29, 1.82) is 5.26 Å². The molecular formula is C43H51N4O9P. The number of nitrogens with zero attached hydrogens (tertiary/aromatic N) is 3. The third kappa shape index (κ3) is 7.34. The maximum absolute atomic E-state index is 13.5. The van der Waals surface area contributed by atoms with Crippen molar-refractivity contribution in [2.75, 3.05) is 27.4 Å². The zero-order valence-electron chi connectivity index (χ0n) is 33.5. The molecule has 4 aromatic rings. The van der Waals surface area contributed by atoms with Gasteiger partial charge in [-0.05, 0) is 88.4 Å². The van der Waals surface area contributed by atoms with Gasteiger partial charge in [-0.25, -0.2) is 9.46 Å². The van der Waals surface area contributed by atoms with Gasteiger partial charge >= 0.3 is 5.69 Å². The smallest absolute Gasteiger partial charge is 0.330 e. The number of nitriles is 1. The van der Waals surface area contributed by atoms with Gasteiger partial charge in [-0.15, -0.1) is 0 Å². The van der Waals surface area contributed by atoms with Gasteiger partial charge in [0.25, 0.3) is 14.1 Å². The molecule has 0 amide bonds. The minimum Gasteiger partial charge on any atom is -0.497 e. The predicted octanol–water partition coefficient (Wildman–Crippen LogP) is 6.73. The molecule has 1 aliphatic carbocycles. The van der Waals surface area contributed by atoms with E-state index < -0.39 is 55.0 Å². The Bertz CT molecular complexity index is 2110. The van der Waals surface area contributed by atoms with Gasteiger partial charge in [0.2, 0.25) is 0 Å². The summed E-state index contributed by atoms with van der Waals surface area (Å²) in [6, 6.07) is 27.8. The molecule has 3 aromatic carbocycles. The molecule has 2 aliphatic heterocycles. The van der Waals surface area contributed by atoms with E-state index in [4.69, 9.17) is 32.7 Å². The van der Waals surface area contributed by atoms with Crippen LogP contribution in [0.2, 0.25) is 0 Å². The molecule has 0 radical (unpaired) electrons. The number of benzene rings is 3. The van der Waals surface area contributed by atoms with Gasteiger partial charge in [0.15, 0.2) is 11.8 Å². The Morgan fingerprint density at radius 1 is 0.912 bits per heavy atom. The molecule has 1 N–H and O–H groups in total. The minimum absolute atomic E-state index is 0.0253. The Balaban J connectivity index is 1.40. The average molecular weight is 799 g/mol. The number of fused-ring (bicyclic) bond motifs is 3. The molecule has 1 aromatic heterocycles. The highest BCUT2D eigenvalue weighted by molar-refractivity contribution is 7.44. The summed E-state index contributed by atoms with van der Waals surface area (Å²) in [5.41, 5.74) is -1.47. The van der Waals surface area contributed by atoms with Crippen LogP contribution in [0.5, 0.6) is 11.5 Å². The van der Waals surface area contributed by atoms with Gasteiger partial charge in [-0.2, -0.15) is 5.26 Å². The number of methoxy groups -OCH3 is 2. The molecule has 1 saturated carbocycles. The van der Waals surface area contributed by atoms with Crippen LogP contribution in [-0.2, 0) is 28.9 Å². The van der Waals surface area contributed by atoms with E-state index >= 15 is 0 Å².